The van der Waals surface area contributed by atoms with Crippen molar-refractivity contribution in [3.63, 3.8) is 0 Å². The molecule has 1 aromatic carbocycles. The van der Waals surface area contributed by atoms with Crippen LogP contribution in [0.5, 0.6) is 0 Å². The van der Waals surface area contributed by atoms with Crippen LogP contribution in [0.25, 0.3) is 0 Å². The molecule has 1 aliphatic rings. The number of aromatic nitrogens is 2. The number of nitrogens with zero attached hydrogens (tertiary/aromatic N) is 2. The van der Waals surface area contributed by atoms with Crippen LogP contribution in [0, 0.1) is 12.5 Å². The van der Waals surface area contributed by atoms with Gasteiger partial charge in [-0.25, -0.2) is 9.97 Å². The summed E-state index contributed by atoms with van der Waals surface area (Å²) in [6, 6.07) is 7.18. The standard InChI is InChI=1S/C22H22Cl2N5O6S2/c23-12-3-1-2-10(4-12)17(25)13-6-16(36-21(13)24)19(31)14-8-26-9-27-22(14)29-15-5-11(18(30)20(15)32)7-28-37(33,34)35/h1-4,6-9,11,15,17-18,20,28,30,32H,5,25H2,(H,26,27,29)(H,33,34,35)/t11-,15-,17-,18-,20+/m1/s1. The third-order valence-corrected chi connectivity index (χ3v) is 7.97. The Bertz CT molecular complexity index is 1410. The van der Waals surface area contributed by atoms with E-state index in [9.17, 15) is 23.4 Å². The molecule has 1 aliphatic carbocycles. The van der Waals surface area contributed by atoms with Gasteiger partial charge in [0.25, 0.3) is 0 Å². The van der Waals surface area contributed by atoms with E-state index < -0.39 is 46.3 Å². The van der Waals surface area contributed by atoms with Gasteiger partial charge in [-0.3, -0.25) is 9.35 Å². The smallest absolute Gasteiger partial charge is 0.333 e. The quantitative estimate of drug-likeness (QED) is 0.160. The van der Waals surface area contributed by atoms with E-state index in [2.05, 4.69) is 15.3 Å². The van der Waals surface area contributed by atoms with E-state index in [1.165, 1.54) is 12.5 Å². The number of hydrogen-bond donors (Lipinski definition) is 6. The lowest BCUT2D eigenvalue weighted by Gasteiger charge is -2.19. The van der Waals surface area contributed by atoms with Crippen LogP contribution in [0.4, 0.5) is 5.82 Å². The molecule has 7 N–H and O–H groups in total. The Hall–Kier alpha value is -2.20. The van der Waals surface area contributed by atoms with Crippen LogP contribution in [-0.2, 0) is 10.3 Å². The van der Waals surface area contributed by atoms with Gasteiger partial charge in [-0.1, -0.05) is 35.3 Å². The van der Waals surface area contributed by atoms with Gasteiger partial charge in [0.05, 0.1) is 33.0 Å². The van der Waals surface area contributed by atoms with Crippen molar-refractivity contribution in [3.8, 4) is 0 Å². The summed E-state index contributed by atoms with van der Waals surface area (Å²) >= 11 is 13.5. The molecule has 197 valence electrons. The van der Waals surface area contributed by atoms with Crippen molar-refractivity contribution in [3.05, 3.63) is 80.3 Å². The number of hydrogen-bond acceptors (Lipinski definition) is 10. The predicted molar refractivity (Wildman–Crippen MR) is 139 cm³/mol. The number of anilines is 1. The lowest BCUT2D eigenvalue weighted by Crippen LogP contribution is -2.36. The lowest BCUT2D eigenvalue weighted by molar-refractivity contribution is 0.0228. The molecule has 0 unspecified atom stereocenters. The second kappa shape index (κ2) is 11.3. The highest BCUT2D eigenvalue weighted by molar-refractivity contribution is 7.83. The van der Waals surface area contributed by atoms with Crippen LogP contribution < -0.4 is 15.8 Å². The molecule has 1 radical (unpaired) electrons. The molecule has 0 bridgehead atoms. The molecule has 2 heterocycles. The molecule has 11 nitrogen and oxygen atoms in total. The molecule has 5 atom stereocenters. The summed E-state index contributed by atoms with van der Waals surface area (Å²) in [6.07, 6.45) is -0.0580. The largest absolute Gasteiger partial charge is 0.390 e. The number of thiophene rings is 1. The molecule has 37 heavy (non-hydrogen) atoms. The maximum Gasteiger partial charge on any atom is 0.333 e. The van der Waals surface area contributed by atoms with Crippen molar-refractivity contribution in [2.45, 2.75) is 30.7 Å². The zero-order chi connectivity index (χ0) is 26.9. The summed E-state index contributed by atoms with van der Waals surface area (Å²) in [5.41, 5.74) is 7.73. The Morgan fingerprint density at radius 2 is 2.00 bits per heavy atom. The number of carbonyl (C=O) groups excluding carboxylic acids is 1. The van der Waals surface area contributed by atoms with Crippen LogP contribution in [0.3, 0.4) is 0 Å². The Morgan fingerprint density at radius 3 is 2.70 bits per heavy atom. The molecule has 15 heteroatoms. The molecule has 0 spiro atoms. The number of aliphatic hydroxyl groups is 2. The van der Waals surface area contributed by atoms with Crippen molar-refractivity contribution < 1.29 is 28.0 Å². The van der Waals surface area contributed by atoms with E-state index in [-0.39, 0.29) is 22.7 Å². The number of benzene rings is 1. The van der Waals surface area contributed by atoms with E-state index in [1.54, 1.807) is 35.1 Å². The number of nitrogens with two attached hydrogens (primary N) is 1. The van der Waals surface area contributed by atoms with Crippen LogP contribution in [0.15, 0.2) is 42.9 Å². The fraction of sp³-hybridized carbons (Fsp3) is 0.273. The zero-order valence-electron chi connectivity index (χ0n) is 18.8. The summed E-state index contributed by atoms with van der Waals surface area (Å²) in [4.78, 5) is 21.7. The highest BCUT2D eigenvalue weighted by atomic mass is 35.5. The van der Waals surface area contributed by atoms with E-state index in [0.29, 0.717) is 14.9 Å². The summed E-state index contributed by atoms with van der Waals surface area (Å²) in [5, 5.41) is 24.2. The second-order valence-electron chi connectivity index (χ2n) is 8.38. The summed E-state index contributed by atoms with van der Waals surface area (Å²) in [6.45, 7) is 0.981. The molecular weight excluding hydrogens is 565 g/mol. The predicted octanol–water partition coefficient (Wildman–Crippen LogP) is 2.20. The van der Waals surface area contributed by atoms with Crippen LogP contribution in [-0.4, -0.2) is 57.2 Å². The molecule has 0 amide bonds. The number of nitrogens with one attached hydrogen (secondary N) is 2. The molecule has 4 rings (SSSR count). The molecular formula is C22H22Cl2N5O6S2. The van der Waals surface area contributed by atoms with E-state index in [0.717, 1.165) is 23.4 Å². The average molecular weight is 587 g/mol. The van der Waals surface area contributed by atoms with Gasteiger partial charge in [0, 0.05) is 29.2 Å². The Balaban J connectivity index is 1.54. The minimum atomic E-state index is -4.51. The number of rotatable bonds is 9. The highest BCUT2D eigenvalue weighted by Crippen LogP contribution is 2.36. The third-order valence-electron chi connectivity index (χ3n) is 5.92. The Kier molecular flexibility index (Phi) is 8.48. The Labute approximate surface area is 226 Å². The van der Waals surface area contributed by atoms with Crippen molar-refractivity contribution in [1.82, 2.24) is 14.7 Å². The van der Waals surface area contributed by atoms with Crippen LogP contribution >= 0.6 is 34.5 Å². The van der Waals surface area contributed by atoms with Crippen LogP contribution in [0.1, 0.15) is 38.8 Å². The van der Waals surface area contributed by atoms with Gasteiger partial charge in [-0.15, -0.1) is 11.3 Å². The molecule has 0 saturated heterocycles. The van der Waals surface area contributed by atoms with Crippen molar-refractivity contribution >= 4 is 56.4 Å². The van der Waals surface area contributed by atoms with E-state index in [1.807, 2.05) is 0 Å². The monoisotopic (exact) mass is 586 g/mol. The molecule has 1 fully saturated rings. The summed E-state index contributed by atoms with van der Waals surface area (Å²) in [7, 11) is -4.51. The topological polar surface area (TPSA) is 188 Å². The van der Waals surface area contributed by atoms with Gasteiger partial charge in [0.2, 0.25) is 5.78 Å². The van der Waals surface area contributed by atoms with Crippen molar-refractivity contribution in [2.24, 2.45) is 11.7 Å². The lowest BCUT2D eigenvalue weighted by atomic mass is 10.0. The van der Waals surface area contributed by atoms with Crippen molar-refractivity contribution in [1.29, 1.82) is 0 Å². The first-order chi connectivity index (χ1) is 17.4. The van der Waals surface area contributed by atoms with Gasteiger partial charge in [0.1, 0.15) is 18.2 Å². The maximum absolute atomic E-state index is 13.4. The fourth-order valence-corrected chi connectivity index (χ4v) is 5.91. The van der Waals surface area contributed by atoms with Gasteiger partial charge in [0.15, 0.2) is 0 Å². The van der Waals surface area contributed by atoms with Crippen LogP contribution in [0.2, 0.25) is 9.36 Å². The number of ketones is 1. The first-order valence-corrected chi connectivity index (χ1v) is 13.8. The number of carbonyl (C=O) groups is 1. The second-order valence-corrected chi connectivity index (χ2v) is 11.7. The maximum atomic E-state index is 13.4. The molecule has 1 saturated carbocycles. The third kappa shape index (κ3) is 6.45. The Morgan fingerprint density at radius 1 is 1.24 bits per heavy atom. The zero-order valence-corrected chi connectivity index (χ0v) is 22.0. The SMILES string of the molecule is N[C@H](c1cccc(Cl)c1)c1cc(C(=O)c2cncnc2N[C@@H]2C[C@H]([CH]NS(=O)(=O)O)[C@@H](O)[C@H]2O)sc1Cl. The molecule has 2 aromatic heterocycles. The van der Waals surface area contributed by atoms with Gasteiger partial charge < -0.3 is 21.3 Å². The number of aliphatic hydroxyl groups excluding tert-OH is 2. The van der Waals surface area contributed by atoms with E-state index in [4.69, 9.17) is 33.5 Å². The van der Waals surface area contributed by atoms with Gasteiger partial charge in [-0.05, 0) is 30.2 Å². The first-order valence-electron chi connectivity index (χ1n) is 10.8. The van der Waals surface area contributed by atoms with E-state index >= 15 is 0 Å². The minimum absolute atomic E-state index is 0.0754. The average Bonchev–Trinajstić information content (AvgIpc) is 3.36. The number of halogens is 2. The normalized spacial score (nSPS) is 22.6. The fourth-order valence-electron chi connectivity index (χ4n) is 4.05. The molecule has 3 aromatic rings. The highest BCUT2D eigenvalue weighted by Gasteiger charge is 2.42. The van der Waals surface area contributed by atoms with Gasteiger partial charge >= 0.3 is 10.3 Å². The first kappa shape index (κ1) is 27.8. The minimum Gasteiger partial charge on any atom is -0.390 e. The van der Waals surface area contributed by atoms with Gasteiger partial charge in [-0.2, -0.15) is 13.1 Å². The summed E-state index contributed by atoms with van der Waals surface area (Å²) in [5.74, 6) is -1.16. The van der Waals surface area contributed by atoms with Crippen molar-refractivity contribution in [2.75, 3.05) is 5.32 Å². The summed E-state index contributed by atoms with van der Waals surface area (Å²) < 4.78 is 32.9. The molecule has 0 aliphatic heterocycles.